The third kappa shape index (κ3) is 3.30. The number of amides is 1. The van der Waals surface area contributed by atoms with Crippen LogP contribution in [0.2, 0.25) is 0 Å². The van der Waals surface area contributed by atoms with Gasteiger partial charge in [-0.2, -0.15) is 0 Å². The second kappa shape index (κ2) is 5.47. The number of nitrogens with one attached hydrogen (secondary N) is 2. The number of likely N-dealkylation sites (tertiary alicyclic amines) is 1. The molecule has 6 nitrogen and oxygen atoms in total. The number of anilines is 1. The summed E-state index contributed by atoms with van der Waals surface area (Å²) in [7, 11) is 0. The van der Waals surface area contributed by atoms with Crippen LogP contribution in [0.25, 0.3) is 0 Å². The average Bonchev–Trinajstić information content (AvgIpc) is 2.82. The quantitative estimate of drug-likeness (QED) is 0.782. The first-order chi connectivity index (χ1) is 8.25. The van der Waals surface area contributed by atoms with Crippen molar-refractivity contribution in [3.63, 3.8) is 0 Å². The highest BCUT2D eigenvalue weighted by Gasteiger charge is 2.16. The standard InChI is InChI=1S/C11H16N4O2/c16-10-7-9(13-8-14-10)12-4-3-11(17)15-5-1-2-6-15/h7-8H,1-6H2,(H2,12,13,14,16). The van der Waals surface area contributed by atoms with E-state index in [1.165, 1.54) is 12.4 Å². The van der Waals surface area contributed by atoms with Crippen LogP contribution in [0.4, 0.5) is 5.82 Å². The lowest BCUT2D eigenvalue weighted by atomic mass is 10.3. The van der Waals surface area contributed by atoms with Crippen molar-refractivity contribution in [2.24, 2.45) is 0 Å². The Hall–Kier alpha value is -1.85. The van der Waals surface area contributed by atoms with Crippen LogP contribution in [-0.2, 0) is 4.79 Å². The molecule has 0 unspecified atom stereocenters. The smallest absolute Gasteiger partial charge is 0.252 e. The van der Waals surface area contributed by atoms with E-state index in [1.807, 2.05) is 4.90 Å². The van der Waals surface area contributed by atoms with Gasteiger partial charge in [-0.25, -0.2) is 4.98 Å². The van der Waals surface area contributed by atoms with Gasteiger partial charge in [0.15, 0.2) is 0 Å². The Balaban J connectivity index is 1.75. The number of hydrogen-bond donors (Lipinski definition) is 2. The van der Waals surface area contributed by atoms with Crippen molar-refractivity contribution in [2.45, 2.75) is 19.3 Å². The van der Waals surface area contributed by atoms with Crippen LogP contribution in [0.15, 0.2) is 17.2 Å². The van der Waals surface area contributed by atoms with Crippen molar-refractivity contribution < 1.29 is 4.79 Å². The lowest BCUT2D eigenvalue weighted by molar-refractivity contribution is -0.129. The van der Waals surface area contributed by atoms with Gasteiger partial charge in [0.25, 0.3) is 5.56 Å². The van der Waals surface area contributed by atoms with Crippen LogP contribution in [0.3, 0.4) is 0 Å². The van der Waals surface area contributed by atoms with E-state index < -0.39 is 0 Å². The molecule has 0 bridgehead atoms. The predicted molar refractivity (Wildman–Crippen MR) is 63.8 cm³/mol. The number of aromatic amines is 1. The molecule has 1 aromatic rings. The molecule has 6 heteroatoms. The van der Waals surface area contributed by atoms with Crippen LogP contribution in [0.5, 0.6) is 0 Å². The summed E-state index contributed by atoms with van der Waals surface area (Å²) >= 11 is 0. The fraction of sp³-hybridized carbons (Fsp3) is 0.545. The Bertz CT molecular complexity index is 437. The molecule has 1 aliphatic rings. The summed E-state index contributed by atoms with van der Waals surface area (Å²) in [5, 5.41) is 2.96. The van der Waals surface area contributed by atoms with Gasteiger partial charge in [0.2, 0.25) is 5.91 Å². The Morgan fingerprint density at radius 2 is 2.24 bits per heavy atom. The van der Waals surface area contributed by atoms with Gasteiger partial charge in [0, 0.05) is 32.1 Å². The second-order valence-corrected chi connectivity index (χ2v) is 4.06. The fourth-order valence-corrected chi connectivity index (χ4v) is 1.89. The highest BCUT2D eigenvalue weighted by atomic mass is 16.2. The van der Waals surface area contributed by atoms with E-state index in [0.717, 1.165) is 25.9 Å². The first kappa shape index (κ1) is 11.6. The summed E-state index contributed by atoms with van der Waals surface area (Å²) in [6, 6.07) is 1.38. The number of aromatic nitrogens is 2. The van der Waals surface area contributed by atoms with E-state index in [2.05, 4.69) is 15.3 Å². The molecule has 0 saturated carbocycles. The minimum Gasteiger partial charge on any atom is -0.369 e. The van der Waals surface area contributed by atoms with E-state index in [-0.39, 0.29) is 11.5 Å². The Kier molecular flexibility index (Phi) is 3.74. The lowest BCUT2D eigenvalue weighted by Crippen LogP contribution is -2.29. The monoisotopic (exact) mass is 236 g/mol. The molecule has 2 N–H and O–H groups in total. The molecular weight excluding hydrogens is 220 g/mol. The largest absolute Gasteiger partial charge is 0.369 e. The lowest BCUT2D eigenvalue weighted by Gasteiger charge is -2.15. The molecule has 2 rings (SSSR count). The maximum Gasteiger partial charge on any atom is 0.252 e. The van der Waals surface area contributed by atoms with Crippen LogP contribution in [-0.4, -0.2) is 40.4 Å². The molecule has 1 aliphatic heterocycles. The Morgan fingerprint density at radius 3 is 2.94 bits per heavy atom. The van der Waals surface area contributed by atoms with Crippen molar-refractivity contribution in [1.29, 1.82) is 0 Å². The van der Waals surface area contributed by atoms with Crippen molar-refractivity contribution in [3.8, 4) is 0 Å². The summed E-state index contributed by atoms with van der Waals surface area (Å²) in [6.45, 7) is 2.26. The third-order valence-electron chi connectivity index (χ3n) is 2.78. The molecule has 1 aromatic heterocycles. The van der Waals surface area contributed by atoms with Gasteiger partial charge in [-0.15, -0.1) is 0 Å². The molecule has 1 amide bonds. The molecule has 0 atom stereocenters. The van der Waals surface area contributed by atoms with Gasteiger partial charge in [-0.05, 0) is 12.8 Å². The molecule has 0 radical (unpaired) electrons. The second-order valence-electron chi connectivity index (χ2n) is 4.06. The summed E-state index contributed by atoms with van der Waals surface area (Å²) in [5.41, 5.74) is -0.201. The molecular formula is C11H16N4O2. The zero-order valence-corrected chi connectivity index (χ0v) is 9.61. The average molecular weight is 236 g/mol. The van der Waals surface area contributed by atoms with Crippen LogP contribution < -0.4 is 10.9 Å². The van der Waals surface area contributed by atoms with E-state index in [4.69, 9.17) is 0 Å². The minimum absolute atomic E-state index is 0.167. The van der Waals surface area contributed by atoms with E-state index in [0.29, 0.717) is 18.8 Å². The normalized spacial score (nSPS) is 14.9. The highest BCUT2D eigenvalue weighted by molar-refractivity contribution is 5.76. The van der Waals surface area contributed by atoms with E-state index in [1.54, 1.807) is 0 Å². The van der Waals surface area contributed by atoms with Crippen LogP contribution in [0.1, 0.15) is 19.3 Å². The number of carbonyl (C=O) groups is 1. The number of rotatable bonds is 4. The zero-order valence-electron chi connectivity index (χ0n) is 9.61. The van der Waals surface area contributed by atoms with Crippen LogP contribution >= 0.6 is 0 Å². The molecule has 2 heterocycles. The molecule has 92 valence electrons. The van der Waals surface area contributed by atoms with E-state index in [9.17, 15) is 9.59 Å². The maximum absolute atomic E-state index is 11.7. The first-order valence-corrected chi connectivity index (χ1v) is 5.82. The molecule has 0 aromatic carbocycles. The number of H-pyrrole nitrogens is 1. The molecule has 17 heavy (non-hydrogen) atoms. The summed E-state index contributed by atoms with van der Waals surface area (Å²) in [5.74, 6) is 0.669. The number of hydrogen-bond acceptors (Lipinski definition) is 4. The SMILES string of the molecule is O=C(CCNc1cc(=O)[nH]cn1)N1CCCC1. The topological polar surface area (TPSA) is 78.1 Å². The molecule has 1 saturated heterocycles. The third-order valence-corrected chi connectivity index (χ3v) is 2.78. The van der Waals surface area contributed by atoms with Gasteiger partial charge in [0.1, 0.15) is 5.82 Å². The highest BCUT2D eigenvalue weighted by Crippen LogP contribution is 2.08. The van der Waals surface area contributed by atoms with Crippen molar-refractivity contribution >= 4 is 11.7 Å². The minimum atomic E-state index is -0.201. The zero-order chi connectivity index (χ0) is 12.1. The summed E-state index contributed by atoms with van der Waals surface area (Å²) in [4.78, 5) is 30.9. The maximum atomic E-state index is 11.7. The van der Waals surface area contributed by atoms with Crippen molar-refractivity contribution in [3.05, 3.63) is 22.7 Å². The van der Waals surface area contributed by atoms with Gasteiger partial charge < -0.3 is 15.2 Å². The van der Waals surface area contributed by atoms with Gasteiger partial charge >= 0.3 is 0 Å². The number of nitrogens with zero attached hydrogens (tertiary/aromatic N) is 2. The molecule has 0 aliphatic carbocycles. The summed E-state index contributed by atoms with van der Waals surface area (Å²) in [6.07, 6.45) is 3.99. The van der Waals surface area contributed by atoms with Crippen molar-refractivity contribution in [1.82, 2.24) is 14.9 Å². The first-order valence-electron chi connectivity index (χ1n) is 5.82. The van der Waals surface area contributed by atoms with Gasteiger partial charge in [-0.1, -0.05) is 0 Å². The summed E-state index contributed by atoms with van der Waals surface area (Å²) < 4.78 is 0. The van der Waals surface area contributed by atoms with Gasteiger partial charge in [0.05, 0.1) is 6.33 Å². The van der Waals surface area contributed by atoms with Crippen molar-refractivity contribution in [2.75, 3.05) is 25.0 Å². The Morgan fingerprint density at radius 1 is 1.47 bits per heavy atom. The van der Waals surface area contributed by atoms with Gasteiger partial charge in [-0.3, -0.25) is 9.59 Å². The van der Waals surface area contributed by atoms with Crippen LogP contribution in [0, 0.1) is 0 Å². The molecule has 0 spiro atoms. The fourth-order valence-electron chi connectivity index (χ4n) is 1.89. The molecule has 1 fully saturated rings. The number of carbonyl (C=O) groups excluding carboxylic acids is 1. The van der Waals surface area contributed by atoms with E-state index >= 15 is 0 Å². The predicted octanol–water partition coefficient (Wildman–Crippen LogP) is 0.194. The Labute approximate surface area is 99.1 Å².